The number of hydrogen-bond acceptors (Lipinski definition) is 2. The molecule has 1 aliphatic rings. The molecule has 0 aliphatic carbocycles. The smallest absolute Gasteiger partial charge is 0.136 e. The van der Waals surface area contributed by atoms with E-state index in [-0.39, 0.29) is 0 Å². The molecule has 0 spiro atoms. The average Bonchev–Trinajstić information content (AvgIpc) is 3.44. The van der Waals surface area contributed by atoms with E-state index in [9.17, 15) is 0 Å². The van der Waals surface area contributed by atoms with Gasteiger partial charge in [-0.15, -0.1) is 0 Å². The van der Waals surface area contributed by atoms with E-state index in [1.807, 2.05) is 17.8 Å². The van der Waals surface area contributed by atoms with Crippen molar-refractivity contribution in [3.8, 4) is 44.5 Å². The minimum Gasteiger partial charge on any atom is -0.456 e. The first-order valence-corrected chi connectivity index (χ1v) is 15.1. The summed E-state index contributed by atoms with van der Waals surface area (Å²) in [5, 5.41) is 4.94. The molecule has 0 radical (unpaired) electrons. The Hall–Kier alpha value is -5.05. The maximum atomic E-state index is 6.26. The van der Waals surface area contributed by atoms with E-state index in [0.717, 1.165) is 21.9 Å². The Kier molecular flexibility index (Phi) is 5.20. The Morgan fingerprint density at radius 2 is 0.833 bits per heavy atom. The first-order chi connectivity index (χ1) is 20.8. The lowest BCUT2D eigenvalue weighted by molar-refractivity contribution is 0.669. The summed E-state index contributed by atoms with van der Waals surface area (Å²) in [6, 6.07) is 52.5. The van der Waals surface area contributed by atoms with Crippen LogP contribution in [0.1, 0.15) is 0 Å². The predicted octanol–water partition coefficient (Wildman–Crippen LogP) is 11.9. The van der Waals surface area contributed by atoms with Crippen LogP contribution in [0.2, 0.25) is 0 Å². The molecular weight excluding hydrogens is 529 g/mol. The van der Waals surface area contributed by atoms with Crippen molar-refractivity contribution in [2.75, 3.05) is 0 Å². The maximum absolute atomic E-state index is 6.26. The van der Waals surface area contributed by atoms with Gasteiger partial charge in [0.25, 0.3) is 0 Å². The Bertz CT molecular complexity index is 2340. The van der Waals surface area contributed by atoms with Crippen molar-refractivity contribution in [2.24, 2.45) is 0 Å². The van der Waals surface area contributed by atoms with Gasteiger partial charge in [-0.1, -0.05) is 133 Å². The van der Waals surface area contributed by atoms with Gasteiger partial charge in [0.1, 0.15) is 11.2 Å². The zero-order chi connectivity index (χ0) is 27.6. The molecule has 0 amide bonds. The molecule has 0 unspecified atom stereocenters. The topological polar surface area (TPSA) is 13.1 Å². The third kappa shape index (κ3) is 3.46. The lowest BCUT2D eigenvalue weighted by atomic mass is 9.86. The summed E-state index contributed by atoms with van der Waals surface area (Å²) in [6.45, 7) is 0. The number of rotatable bonds is 3. The number of benzene rings is 7. The van der Waals surface area contributed by atoms with E-state index in [1.165, 1.54) is 65.1 Å². The molecule has 2 heterocycles. The summed E-state index contributed by atoms with van der Waals surface area (Å²) >= 11 is 1.87. The van der Waals surface area contributed by atoms with Gasteiger partial charge in [-0.3, -0.25) is 0 Å². The van der Waals surface area contributed by atoms with E-state index in [4.69, 9.17) is 4.42 Å². The van der Waals surface area contributed by atoms with E-state index < -0.39 is 0 Å². The molecule has 8 aromatic rings. The van der Waals surface area contributed by atoms with Crippen LogP contribution in [0.4, 0.5) is 0 Å². The minimum absolute atomic E-state index is 0.915. The van der Waals surface area contributed by atoms with Gasteiger partial charge in [-0.2, -0.15) is 0 Å². The molecule has 0 saturated carbocycles. The van der Waals surface area contributed by atoms with E-state index in [0.29, 0.717) is 0 Å². The van der Waals surface area contributed by atoms with Crippen molar-refractivity contribution < 1.29 is 4.42 Å². The Balaban J connectivity index is 1.29. The van der Waals surface area contributed by atoms with Gasteiger partial charge in [-0.05, 0) is 74.2 Å². The van der Waals surface area contributed by atoms with Gasteiger partial charge in [0, 0.05) is 25.9 Å². The molecule has 9 rings (SSSR count). The van der Waals surface area contributed by atoms with Crippen LogP contribution in [0, 0.1) is 0 Å². The molecule has 2 heteroatoms. The molecule has 0 N–H and O–H groups in total. The van der Waals surface area contributed by atoms with Crippen LogP contribution in [0.25, 0.3) is 77.2 Å². The van der Waals surface area contributed by atoms with Crippen molar-refractivity contribution in [1.29, 1.82) is 0 Å². The highest BCUT2D eigenvalue weighted by Crippen LogP contribution is 2.51. The third-order valence-electron chi connectivity index (χ3n) is 8.53. The monoisotopic (exact) mass is 552 g/mol. The second-order valence-corrected chi connectivity index (χ2v) is 11.9. The second kappa shape index (κ2) is 9.24. The van der Waals surface area contributed by atoms with Crippen LogP contribution < -0.4 is 0 Å². The van der Waals surface area contributed by atoms with E-state index in [1.54, 1.807) is 0 Å². The van der Waals surface area contributed by atoms with Crippen LogP contribution in [0.5, 0.6) is 0 Å². The van der Waals surface area contributed by atoms with Gasteiger partial charge in [0.05, 0.1) is 0 Å². The Labute approximate surface area is 248 Å². The van der Waals surface area contributed by atoms with Crippen LogP contribution in [-0.2, 0) is 0 Å². The predicted molar refractivity (Wildman–Crippen MR) is 177 cm³/mol. The molecule has 42 heavy (non-hydrogen) atoms. The molecule has 0 atom stereocenters. The van der Waals surface area contributed by atoms with Crippen molar-refractivity contribution in [3.63, 3.8) is 0 Å². The van der Waals surface area contributed by atoms with E-state index >= 15 is 0 Å². The van der Waals surface area contributed by atoms with Gasteiger partial charge in [0.2, 0.25) is 0 Å². The minimum atomic E-state index is 0.915. The summed E-state index contributed by atoms with van der Waals surface area (Å²) in [5.41, 5.74) is 11.8. The van der Waals surface area contributed by atoms with Crippen LogP contribution >= 0.6 is 11.8 Å². The van der Waals surface area contributed by atoms with Crippen molar-refractivity contribution in [1.82, 2.24) is 0 Å². The summed E-state index contributed by atoms with van der Waals surface area (Å²) in [5.74, 6) is 0. The van der Waals surface area contributed by atoms with E-state index in [2.05, 4.69) is 140 Å². The first kappa shape index (κ1) is 23.6. The van der Waals surface area contributed by atoms with Crippen molar-refractivity contribution in [3.05, 3.63) is 146 Å². The van der Waals surface area contributed by atoms with Crippen LogP contribution in [0.3, 0.4) is 0 Å². The van der Waals surface area contributed by atoms with Crippen molar-refractivity contribution in [2.45, 2.75) is 9.79 Å². The fraction of sp³-hybridized carbons (Fsp3) is 0. The highest BCUT2D eigenvalue weighted by atomic mass is 32.2. The van der Waals surface area contributed by atoms with Gasteiger partial charge >= 0.3 is 0 Å². The molecule has 196 valence electrons. The normalized spacial score (nSPS) is 12.2. The summed E-state index contributed by atoms with van der Waals surface area (Å²) < 4.78 is 6.26. The molecule has 1 aromatic heterocycles. The lowest BCUT2D eigenvalue weighted by Crippen LogP contribution is -1.95. The first-order valence-electron chi connectivity index (χ1n) is 14.3. The molecule has 0 fully saturated rings. The SMILES string of the molecule is c1ccc2c(c1)Sc1ccc(-c3ccccc3-c3ccccc3-c3cccc4oc5ccccc5c34)c3cccc-2c13. The summed E-state index contributed by atoms with van der Waals surface area (Å²) in [6.07, 6.45) is 0. The molecule has 0 bridgehead atoms. The largest absolute Gasteiger partial charge is 0.456 e. The maximum Gasteiger partial charge on any atom is 0.136 e. The van der Waals surface area contributed by atoms with Gasteiger partial charge < -0.3 is 4.42 Å². The van der Waals surface area contributed by atoms with Crippen LogP contribution in [-0.4, -0.2) is 0 Å². The molecule has 1 nitrogen and oxygen atoms in total. The number of fused-ring (bicyclic) bond motifs is 5. The van der Waals surface area contributed by atoms with Crippen molar-refractivity contribution >= 4 is 44.5 Å². The fourth-order valence-electron chi connectivity index (χ4n) is 6.72. The highest BCUT2D eigenvalue weighted by molar-refractivity contribution is 7.99. The second-order valence-electron chi connectivity index (χ2n) is 10.8. The van der Waals surface area contributed by atoms with Gasteiger partial charge in [-0.25, -0.2) is 0 Å². The standard InChI is InChI=1S/C40H24OS/c1-2-13-27(29-23-24-38-40-32(29)17-9-18-33(40)30-15-6-8-22-37(30)42-38)25(11-1)26-12-3-4-14-28(26)31-19-10-21-36-39(31)34-16-5-7-20-35(34)41-36/h1-24H. The average molecular weight is 553 g/mol. The van der Waals surface area contributed by atoms with Crippen LogP contribution in [0.15, 0.2) is 160 Å². The molecular formula is C40H24OS. The molecule has 7 aromatic carbocycles. The van der Waals surface area contributed by atoms with Gasteiger partial charge in [0.15, 0.2) is 0 Å². The molecule has 0 saturated heterocycles. The molecule has 1 aliphatic heterocycles. The third-order valence-corrected chi connectivity index (χ3v) is 9.66. The fourth-order valence-corrected chi connectivity index (χ4v) is 7.85. The summed E-state index contributed by atoms with van der Waals surface area (Å²) in [4.78, 5) is 2.64. The number of para-hydroxylation sites is 1. The zero-order valence-electron chi connectivity index (χ0n) is 22.7. The number of hydrogen-bond donors (Lipinski definition) is 0. The quantitative estimate of drug-likeness (QED) is 0.216. The highest BCUT2D eigenvalue weighted by Gasteiger charge is 2.22. The zero-order valence-corrected chi connectivity index (χ0v) is 23.5. The Morgan fingerprint density at radius 1 is 0.310 bits per heavy atom. The lowest BCUT2D eigenvalue weighted by Gasteiger charge is -2.22. The number of furan rings is 1. The summed E-state index contributed by atoms with van der Waals surface area (Å²) in [7, 11) is 0. The Morgan fingerprint density at radius 3 is 1.62 bits per heavy atom.